The zero-order valence-corrected chi connectivity index (χ0v) is 9.32. The van der Waals surface area contributed by atoms with E-state index in [1.807, 2.05) is 6.08 Å². The Morgan fingerprint density at radius 2 is 1.77 bits per heavy atom. The van der Waals surface area contributed by atoms with Gasteiger partial charge in [-0.3, -0.25) is 0 Å². The molecular weight excluding hydrogens is 156 g/mol. The highest BCUT2D eigenvalue weighted by Gasteiger charge is 1.99. The average Bonchev–Trinajstić information content (AvgIpc) is 2.17. The molecule has 0 fully saturated rings. The quantitative estimate of drug-likeness (QED) is 0.410. The van der Waals surface area contributed by atoms with Crippen LogP contribution in [0.3, 0.4) is 0 Å². The van der Waals surface area contributed by atoms with E-state index in [4.69, 9.17) is 0 Å². The first-order valence-electron chi connectivity index (χ1n) is 5.13. The molecule has 0 saturated carbocycles. The first-order valence-corrected chi connectivity index (χ1v) is 5.13. The first-order chi connectivity index (χ1) is 6.15. The van der Waals surface area contributed by atoms with Gasteiger partial charge in [0.2, 0.25) is 0 Å². The van der Waals surface area contributed by atoms with Gasteiger partial charge in [-0.05, 0) is 32.6 Å². The van der Waals surface area contributed by atoms with Crippen LogP contribution in [0, 0.1) is 0 Å². The molecule has 0 heteroatoms. The molecule has 0 amide bonds. The molecule has 0 saturated heterocycles. The van der Waals surface area contributed by atoms with E-state index in [0.29, 0.717) is 0 Å². The Kier molecular flexibility index (Phi) is 6.30. The van der Waals surface area contributed by atoms with Crippen LogP contribution in [0.25, 0.3) is 0 Å². The third kappa shape index (κ3) is 4.72. The normalized spacial score (nSPS) is 12.2. The molecule has 0 aromatic heterocycles. The second-order valence-electron chi connectivity index (χ2n) is 3.45. The molecule has 0 spiro atoms. The Morgan fingerprint density at radius 1 is 1.15 bits per heavy atom. The highest BCUT2D eigenvalue weighted by atomic mass is 14.1. The monoisotopic (exact) mass is 178 g/mol. The summed E-state index contributed by atoms with van der Waals surface area (Å²) in [4.78, 5) is 0. The van der Waals surface area contributed by atoms with E-state index in [1.54, 1.807) is 11.1 Å². The van der Waals surface area contributed by atoms with Gasteiger partial charge in [-0.25, -0.2) is 0 Å². The van der Waals surface area contributed by atoms with Crippen molar-refractivity contribution < 1.29 is 0 Å². The van der Waals surface area contributed by atoms with Gasteiger partial charge >= 0.3 is 0 Å². The van der Waals surface area contributed by atoms with Crippen molar-refractivity contribution in [2.24, 2.45) is 0 Å². The van der Waals surface area contributed by atoms with E-state index in [1.165, 1.54) is 12.8 Å². The van der Waals surface area contributed by atoms with Gasteiger partial charge < -0.3 is 0 Å². The number of allylic oxidation sites excluding steroid dienone is 4. The molecule has 0 aliphatic carbocycles. The molecule has 0 nitrogen and oxygen atoms in total. The molecule has 0 aliphatic rings. The Morgan fingerprint density at radius 3 is 2.15 bits per heavy atom. The molecular formula is C13H22. The fourth-order valence-electron chi connectivity index (χ4n) is 1.36. The summed E-state index contributed by atoms with van der Waals surface area (Å²) in [5, 5.41) is 0. The molecule has 0 aromatic carbocycles. The lowest BCUT2D eigenvalue weighted by Gasteiger charge is -2.08. The summed E-state index contributed by atoms with van der Waals surface area (Å²) in [6, 6.07) is 0. The highest BCUT2D eigenvalue weighted by molar-refractivity contribution is 5.17. The van der Waals surface area contributed by atoms with Gasteiger partial charge in [0.05, 0.1) is 0 Å². The molecule has 0 rings (SSSR count). The lowest BCUT2D eigenvalue weighted by molar-refractivity contribution is 0.852. The highest BCUT2D eigenvalue weighted by Crippen LogP contribution is 2.19. The number of rotatable bonds is 6. The van der Waals surface area contributed by atoms with E-state index in [0.717, 1.165) is 18.4 Å². The Bertz CT molecular complexity index is 206. The summed E-state index contributed by atoms with van der Waals surface area (Å²) in [5.41, 5.74) is 4.28. The molecule has 0 bridgehead atoms. The van der Waals surface area contributed by atoms with E-state index in [9.17, 15) is 0 Å². The van der Waals surface area contributed by atoms with E-state index in [2.05, 4.69) is 33.9 Å². The average molecular weight is 178 g/mol. The maximum atomic E-state index is 3.92. The minimum absolute atomic E-state index is 1.06. The van der Waals surface area contributed by atoms with Crippen molar-refractivity contribution in [3.8, 4) is 0 Å². The SMILES string of the molecule is C=CC(=C)CCC(CC)=C(C)CC. The topological polar surface area (TPSA) is 0 Å². The van der Waals surface area contributed by atoms with Crippen LogP contribution in [-0.4, -0.2) is 0 Å². The van der Waals surface area contributed by atoms with Crippen LogP contribution in [-0.2, 0) is 0 Å². The van der Waals surface area contributed by atoms with Crippen molar-refractivity contribution in [2.45, 2.75) is 46.5 Å². The van der Waals surface area contributed by atoms with Crippen molar-refractivity contribution in [2.75, 3.05) is 0 Å². The third-order valence-corrected chi connectivity index (χ3v) is 2.60. The zero-order valence-electron chi connectivity index (χ0n) is 9.32. The Labute approximate surface area is 83.0 Å². The first kappa shape index (κ1) is 12.2. The van der Waals surface area contributed by atoms with Crippen LogP contribution >= 0.6 is 0 Å². The van der Waals surface area contributed by atoms with Gasteiger partial charge in [-0.15, -0.1) is 0 Å². The molecule has 0 N–H and O–H groups in total. The predicted octanol–water partition coefficient (Wildman–Crippen LogP) is 4.65. The van der Waals surface area contributed by atoms with Gasteiger partial charge in [0.25, 0.3) is 0 Å². The summed E-state index contributed by atoms with van der Waals surface area (Å²) in [6.07, 6.45) is 6.41. The lowest BCUT2D eigenvalue weighted by Crippen LogP contribution is -1.88. The van der Waals surface area contributed by atoms with Gasteiger partial charge in [-0.2, -0.15) is 0 Å². The summed E-state index contributed by atoms with van der Waals surface area (Å²) < 4.78 is 0. The second-order valence-corrected chi connectivity index (χ2v) is 3.45. The van der Waals surface area contributed by atoms with Crippen molar-refractivity contribution in [1.82, 2.24) is 0 Å². The van der Waals surface area contributed by atoms with Gasteiger partial charge in [0.15, 0.2) is 0 Å². The molecule has 0 atom stereocenters. The van der Waals surface area contributed by atoms with Crippen molar-refractivity contribution >= 4 is 0 Å². The zero-order chi connectivity index (χ0) is 10.3. The number of hydrogen-bond donors (Lipinski definition) is 0. The molecule has 0 unspecified atom stereocenters. The summed E-state index contributed by atoms with van der Waals surface area (Å²) in [7, 11) is 0. The minimum Gasteiger partial charge on any atom is -0.0988 e. The van der Waals surface area contributed by atoms with Crippen LogP contribution in [0.2, 0.25) is 0 Å². The molecule has 74 valence electrons. The van der Waals surface area contributed by atoms with Crippen LogP contribution in [0.4, 0.5) is 0 Å². The van der Waals surface area contributed by atoms with Crippen LogP contribution in [0.15, 0.2) is 36.0 Å². The fraction of sp³-hybridized carbons (Fsp3) is 0.538. The van der Waals surface area contributed by atoms with Crippen molar-refractivity contribution in [3.05, 3.63) is 36.0 Å². The van der Waals surface area contributed by atoms with Crippen molar-refractivity contribution in [3.63, 3.8) is 0 Å². The summed E-state index contributed by atoms with van der Waals surface area (Å²) >= 11 is 0. The van der Waals surface area contributed by atoms with E-state index >= 15 is 0 Å². The van der Waals surface area contributed by atoms with Crippen LogP contribution < -0.4 is 0 Å². The molecule has 13 heavy (non-hydrogen) atoms. The summed E-state index contributed by atoms with van der Waals surface area (Å²) in [5.74, 6) is 0. The predicted molar refractivity (Wildman–Crippen MR) is 61.9 cm³/mol. The molecule has 0 radical (unpaired) electrons. The van der Waals surface area contributed by atoms with Gasteiger partial charge in [0.1, 0.15) is 0 Å². The van der Waals surface area contributed by atoms with Crippen molar-refractivity contribution in [1.29, 1.82) is 0 Å². The fourth-order valence-corrected chi connectivity index (χ4v) is 1.36. The Hall–Kier alpha value is -0.780. The number of hydrogen-bond acceptors (Lipinski definition) is 0. The smallest absolute Gasteiger partial charge is 0.0247 e. The van der Waals surface area contributed by atoms with Crippen LogP contribution in [0.5, 0.6) is 0 Å². The van der Waals surface area contributed by atoms with Crippen LogP contribution in [0.1, 0.15) is 46.5 Å². The third-order valence-electron chi connectivity index (χ3n) is 2.60. The maximum absolute atomic E-state index is 3.92. The molecule has 0 heterocycles. The van der Waals surface area contributed by atoms with Gasteiger partial charge in [-0.1, -0.05) is 49.8 Å². The minimum atomic E-state index is 1.06. The molecule has 0 aromatic rings. The lowest BCUT2D eigenvalue weighted by atomic mass is 9.98. The standard InChI is InChI=1S/C13H22/c1-6-11(4)9-10-13(8-3)12(5)7-2/h6H,1,4,7-10H2,2-3,5H3. The summed E-state index contributed by atoms with van der Waals surface area (Å²) in [6.45, 7) is 14.3. The Balaban J connectivity index is 4.14. The second kappa shape index (κ2) is 6.71. The van der Waals surface area contributed by atoms with Gasteiger partial charge in [0, 0.05) is 0 Å². The van der Waals surface area contributed by atoms with E-state index < -0.39 is 0 Å². The molecule has 0 aliphatic heterocycles. The largest absolute Gasteiger partial charge is 0.0988 e. The van der Waals surface area contributed by atoms with E-state index in [-0.39, 0.29) is 0 Å². The maximum Gasteiger partial charge on any atom is -0.0247 e.